The Morgan fingerprint density at radius 2 is 1.78 bits per heavy atom. The maximum atomic E-state index is 12.2. The van der Waals surface area contributed by atoms with Crippen molar-refractivity contribution in [2.45, 2.75) is 6.42 Å². The van der Waals surface area contributed by atoms with E-state index in [0.717, 1.165) is 16.6 Å². The Morgan fingerprint density at radius 1 is 1.09 bits per heavy atom. The first-order valence-corrected chi connectivity index (χ1v) is 7.54. The van der Waals surface area contributed by atoms with Gasteiger partial charge < -0.3 is 5.32 Å². The van der Waals surface area contributed by atoms with E-state index in [2.05, 4.69) is 5.32 Å². The fourth-order valence-electron chi connectivity index (χ4n) is 2.60. The lowest BCUT2D eigenvalue weighted by Crippen LogP contribution is -2.19. The quantitative estimate of drug-likeness (QED) is 0.803. The maximum Gasteiger partial charge on any atom is 0.328 e. The number of carbonyl (C=O) groups is 1. The molecule has 0 radical (unpaired) electrons. The minimum absolute atomic E-state index is 0.0976. The Labute approximate surface area is 138 Å². The van der Waals surface area contributed by atoms with Crippen LogP contribution in [0.4, 0.5) is 5.69 Å². The third kappa shape index (κ3) is 2.87. The number of nitrogens with zero attached hydrogens (tertiary/aromatic N) is 2. The summed E-state index contributed by atoms with van der Waals surface area (Å²) in [5.74, 6) is -0.154. The molecular weight excluding hydrogens is 314 g/mol. The van der Waals surface area contributed by atoms with Gasteiger partial charge in [-0.25, -0.2) is 4.79 Å². The van der Waals surface area contributed by atoms with E-state index >= 15 is 0 Å². The third-order valence-electron chi connectivity index (χ3n) is 3.86. The van der Waals surface area contributed by atoms with Crippen LogP contribution in [0.5, 0.6) is 0 Å². The molecule has 0 saturated heterocycles. The lowest BCUT2D eigenvalue weighted by Gasteiger charge is -2.07. The second-order valence-corrected chi connectivity index (χ2v) is 5.83. The molecule has 118 valence electrons. The second-order valence-electron chi connectivity index (χ2n) is 5.42. The molecule has 3 aromatic rings. The van der Waals surface area contributed by atoms with Crippen LogP contribution in [0.15, 0.2) is 47.3 Å². The van der Waals surface area contributed by atoms with Crippen LogP contribution in [0.3, 0.4) is 0 Å². The Morgan fingerprint density at radius 3 is 2.52 bits per heavy atom. The largest absolute Gasteiger partial charge is 0.328 e. The Hall–Kier alpha value is -2.53. The van der Waals surface area contributed by atoms with Crippen LogP contribution in [-0.2, 0) is 25.3 Å². The Kier molecular flexibility index (Phi) is 3.96. The van der Waals surface area contributed by atoms with Gasteiger partial charge in [0.2, 0.25) is 5.91 Å². The molecule has 0 fully saturated rings. The average Bonchev–Trinajstić information content (AvgIpc) is 2.74. The predicted molar refractivity (Wildman–Crippen MR) is 91.9 cm³/mol. The molecule has 0 unspecified atom stereocenters. The predicted octanol–water partition coefficient (Wildman–Crippen LogP) is 2.71. The van der Waals surface area contributed by atoms with Gasteiger partial charge in [0.15, 0.2) is 0 Å². The number of amides is 1. The van der Waals surface area contributed by atoms with Gasteiger partial charge in [-0.15, -0.1) is 0 Å². The van der Waals surface area contributed by atoms with E-state index in [-0.39, 0.29) is 18.0 Å². The molecule has 1 heterocycles. The molecule has 0 saturated carbocycles. The number of nitrogens with one attached hydrogen (secondary N) is 1. The SMILES string of the molecule is Cn1c(=O)n(C)c2cc(NC(=O)Cc3ccccc3Cl)ccc21. The van der Waals surface area contributed by atoms with Crippen molar-refractivity contribution in [3.63, 3.8) is 0 Å². The number of anilines is 1. The molecule has 3 rings (SSSR count). The lowest BCUT2D eigenvalue weighted by molar-refractivity contribution is -0.115. The third-order valence-corrected chi connectivity index (χ3v) is 4.23. The number of imidazole rings is 1. The standard InChI is InChI=1S/C17H16ClN3O2/c1-20-14-8-7-12(10-15(14)21(2)17(20)23)19-16(22)9-11-5-3-4-6-13(11)18/h3-8,10H,9H2,1-2H3,(H,19,22). The van der Waals surface area contributed by atoms with Crippen LogP contribution >= 0.6 is 11.6 Å². The summed E-state index contributed by atoms with van der Waals surface area (Å²) in [7, 11) is 3.43. The highest BCUT2D eigenvalue weighted by Gasteiger charge is 2.10. The summed E-state index contributed by atoms with van der Waals surface area (Å²) in [6, 6.07) is 12.7. The van der Waals surface area contributed by atoms with Crippen LogP contribution in [0.25, 0.3) is 11.0 Å². The smallest absolute Gasteiger partial charge is 0.326 e. The molecule has 0 bridgehead atoms. The van der Waals surface area contributed by atoms with Crippen molar-refractivity contribution in [1.29, 1.82) is 0 Å². The Bertz CT molecular complexity index is 956. The number of aromatic nitrogens is 2. The molecule has 23 heavy (non-hydrogen) atoms. The molecule has 0 aliphatic heterocycles. The summed E-state index contributed by atoms with van der Waals surface area (Å²) in [5.41, 5.74) is 2.92. The summed E-state index contributed by atoms with van der Waals surface area (Å²) < 4.78 is 3.13. The average molecular weight is 330 g/mol. The van der Waals surface area contributed by atoms with Gasteiger partial charge in [0, 0.05) is 24.8 Å². The minimum Gasteiger partial charge on any atom is -0.326 e. The van der Waals surface area contributed by atoms with Crippen molar-refractivity contribution in [2.24, 2.45) is 14.1 Å². The van der Waals surface area contributed by atoms with E-state index < -0.39 is 0 Å². The van der Waals surface area contributed by atoms with Crippen LogP contribution in [0.1, 0.15) is 5.56 Å². The van der Waals surface area contributed by atoms with Gasteiger partial charge in [0.05, 0.1) is 17.5 Å². The first kappa shape index (κ1) is 15.4. The zero-order chi connectivity index (χ0) is 16.6. The molecule has 1 amide bonds. The van der Waals surface area contributed by atoms with E-state index in [4.69, 9.17) is 11.6 Å². The molecule has 1 aromatic heterocycles. The van der Waals surface area contributed by atoms with Gasteiger partial charge in [-0.3, -0.25) is 13.9 Å². The van der Waals surface area contributed by atoms with Gasteiger partial charge >= 0.3 is 5.69 Å². The summed E-state index contributed by atoms with van der Waals surface area (Å²) >= 11 is 6.07. The summed E-state index contributed by atoms with van der Waals surface area (Å²) in [4.78, 5) is 24.1. The highest BCUT2D eigenvalue weighted by Crippen LogP contribution is 2.19. The topological polar surface area (TPSA) is 56.0 Å². The van der Waals surface area contributed by atoms with Crippen LogP contribution in [0, 0.1) is 0 Å². The van der Waals surface area contributed by atoms with Crippen molar-refractivity contribution in [2.75, 3.05) is 5.32 Å². The monoisotopic (exact) mass is 329 g/mol. The van der Waals surface area contributed by atoms with Crippen LogP contribution < -0.4 is 11.0 Å². The van der Waals surface area contributed by atoms with Crippen molar-refractivity contribution >= 4 is 34.2 Å². The zero-order valence-corrected chi connectivity index (χ0v) is 13.6. The highest BCUT2D eigenvalue weighted by atomic mass is 35.5. The van der Waals surface area contributed by atoms with E-state index in [0.29, 0.717) is 10.7 Å². The van der Waals surface area contributed by atoms with Gasteiger partial charge in [-0.1, -0.05) is 29.8 Å². The summed E-state index contributed by atoms with van der Waals surface area (Å²) in [6.45, 7) is 0. The van der Waals surface area contributed by atoms with E-state index in [1.807, 2.05) is 24.3 Å². The van der Waals surface area contributed by atoms with Crippen molar-refractivity contribution in [3.8, 4) is 0 Å². The minimum atomic E-state index is -0.154. The van der Waals surface area contributed by atoms with Crippen LogP contribution in [-0.4, -0.2) is 15.0 Å². The van der Waals surface area contributed by atoms with Gasteiger partial charge in [0.1, 0.15) is 0 Å². The normalized spacial score (nSPS) is 10.9. The number of halogens is 1. The number of hydrogen-bond acceptors (Lipinski definition) is 2. The number of benzene rings is 2. The number of aryl methyl sites for hydroxylation is 2. The fourth-order valence-corrected chi connectivity index (χ4v) is 2.81. The maximum absolute atomic E-state index is 12.2. The molecule has 0 aliphatic rings. The molecule has 6 heteroatoms. The molecule has 1 N–H and O–H groups in total. The molecule has 5 nitrogen and oxygen atoms in total. The van der Waals surface area contributed by atoms with Crippen molar-refractivity contribution in [1.82, 2.24) is 9.13 Å². The van der Waals surface area contributed by atoms with Crippen molar-refractivity contribution in [3.05, 3.63) is 63.5 Å². The summed E-state index contributed by atoms with van der Waals surface area (Å²) in [6.07, 6.45) is 0.200. The fraction of sp³-hybridized carbons (Fsp3) is 0.176. The molecular formula is C17H16ClN3O2. The lowest BCUT2D eigenvalue weighted by atomic mass is 10.1. The second kappa shape index (κ2) is 5.93. The molecule has 0 spiro atoms. The van der Waals surface area contributed by atoms with Gasteiger partial charge in [0.25, 0.3) is 0 Å². The molecule has 2 aromatic carbocycles. The zero-order valence-electron chi connectivity index (χ0n) is 12.8. The van der Waals surface area contributed by atoms with Crippen LogP contribution in [0.2, 0.25) is 5.02 Å². The molecule has 0 atom stereocenters. The first-order valence-electron chi connectivity index (χ1n) is 7.16. The number of hydrogen-bond donors (Lipinski definition) is 1. The highest BCUT2D eigenvalue weighted by molar-refractivity contribution is 6.31. The van der Waals surface area contributed by atoms with E-state index in [1.54, 1.807) is 41.4 Å². The van der Waals surface area contributed by atoms with Gasteiger partial charge in [-0.05, 0) is 29.8 Å². The van der Waals surface area contributed by atoms with E-state index in [1.165, 1.54) is 0 Å². The van der Waals surface area contributed by atoms with Gasteiger partial charge in [-0.2, -0.15) is 0 Å². The van der Waals surface area contributed by atoms with E-state index in [9.17, 15) is 9.59 Å². The molecule has 0 aliphatic carbocycles. The first-order chi connectivity index (χ1) is 11.0. The Balaban J connectivity index is 1.84. The number of carbonyl (C=O) groups excluding carboxylic acids is 1. The summed E-state index contributed by atoms with van der Waals surface area (Å²) in [5, 5.41) is 3.42. The van der Waals surface area contributed by atoms with Crippen molar-refractivity contribution < 1.29 is 4.79 Å². The number of rotatable bonds is 3. The number of fused-ring (bicyclic) bond motifs is 1.